The van der Waals surface area contributed by atoms with E-state index in [1.165, 1.54) is 16.8 Å². The van der Waals surface area contributed by atoms with Crippen molar-refractivity contribution in [1.29, 1.82) is 5.26 Å². The van der Waals surface area contributed by atoms with Gasteiger partial charge in [0.25, 0.3) is 5.91 Å². The Hall–Kier alpha value is -4.40. The SMILES string of the molecule is Cc1cccc(C(=O)Nc2ccc(N3CCN(Cc4cccc(CC#N)c4)CC3)cc2)c1-c1ccc(C(C)C)cc1. The molecule has 1 saturated heterocycles. The number of benzene rings is 4. The van der Waals surface area contributed by atoms with Gasteiger partial charge in [0.05, 0.1) is 12.5 Å². The predicted octanol–water partition coefficient (Wildman–Crippen LogP) is 7.43. The second kappa shape index (κ2) is 12.8. The van der Waals surface area contributed by atoms with Crippen molar-refractivity contribution in [3.63, 3.8) is 0 Å². The van der Waals surface area contributed by atoms with Crippen LogP contribution in [-0.4, -0.2) is 37.0 Å². The highest BCUT2D eigenvalue weighted by atomic mass is 16.1. The summed E-state index contributed by atoms with van der Waals surface area (Å²) < 4.78 is 0. The lowest BCUT2D eigenvalue weighted by Gasteiger charge is -2.36. The average Bonchev–Trinajstić information content (AvgIpc) is 2.98. The molecule has 4 aromatic carbocycles. The molecule has 0 atom stereocenters. The summed E-state index contributed by atoms with van der Waals surface area (Å²) in [5, 5.41) is 12.1. The van der Waals surface area contributed by atoms with Gasteiger partial charge >= 0.3 is 0 Å². The van der Waals surface area contributed by atoms with Crippen LogP contribution in [0.3, 0.4) is 0 Å². The molecule has 0 radical (unpaired) electrons. The van der Waals surface area contributed by atoms with Crippen LogP contribution in [0, 0.1) is 18.3 Å². The number of aryl methyl sites for hydroxylation is 1. The van der Waals surface area contributed by atoms with Crippen LogP contribution >= 0.6 is 0 Å². The van der Waals surface area contributed by atoms with E-state index in [4.69, 9.17) is 5.26 Å². The van der Waals surface area contributed by atoms with Crippen LogP contribution in [0.4, 0.5) is 11.4 Å². The maximum Gasteiger partial charge on any atom is 0.256 e. The largest absolute Gasteiger partial charge is 0.369 e. The van der Waals surface area contributed by atoms with Crippen LogP contribution in [0.15, 0.2) is 91.0 Å². The molecular formula is C36H38N4O. The number of anilines is 2. The number of nitrogens with zero attached hydrogens (tertiary/aromatic N) is 3. The second-order valence-corrected chi connectivity index (χ2v) is 11.2. The number of nitriles is 1. The van der Waals surface area contributed by atoms with E-state index < -0.39 is 0 Å². The molecule has 208 valence electrons. The molecule has 1 aliphatic heterocycles. The van der Waals surface area contributed by atoms with Crippen LogP contribution in [-0.2, 0) is 13.0 Å². The number of carbonyl (C=O) groups excluding carboxylic acids is 1. The lowest BCUT2D eigenvalue weighted by molar-refractivity contribution is 0.102. The normalized spacial score (nSPS) is 13.7. The van der Waals surface area contributed by atoms with Crippen LogP contribution in [0.2, 0.25) is 0 Å². The van der Waals surface area contributed by atoms with Gasteiger partial charge in [0.2, 0.25) is 0 Å². The Labute approximate surface area is 244 Å². The van der Waals surface area contributed by atoms with Crippen molar-refractivity contribution in [1.82, 2.24) is 4.90 Å². The number of rotatable bonds is 8. The van der Waals surface area contributed by atoms with E-state index in [9.17, 15) is 4.79 Å². The molecule has 0 aliphatic carbocycles. The molecular weight excluding hydrogens is 504 g/mol. The third-order valence-corrected chi connectivity index (χ3v) is 7.93. The fourth-order valence-corrected chi connectivity index (χ4v) is 5.58. The molecule has 1 aliphatic rings. The molecule has 0 unspecified atom stereocenters. The Bertz CT molecular complexity index is 1530. The quantitative estimate of drug-likeness (QED) is 0.252. The summed E-state index contributed by atoms with van der Waals surface area (Å²) in [6.07, 6.45) is 0.455. The Kier molecular flexibility index (Phi) is 8.82. The average molecular weight is 543 g/mol. The maximum atomic E-state index is 13.4. The molecule has 0 bridgehead atoms. The van der Waals surface area contributed by atoms with Gasteiger partial charge in [-0.25, -0.2) is 0 Å². The summed E-state index contributed by atoms with van der Waals surface area (Å²) in [7, 11) is 0. The lowest BCUT2D eigenvalue weighted by Crippen LogP contribution is -2.45. The maximum absolute atomic E-state index is 13.4. The summed E-state index contributed by atoms with van der Waals surface area (Å²) in [4.78, 5) is 18.3. The van der Waals surface area contributed by atoms with Crippen LogP contribution in [0.5, 0.6) is 0 Å². The standard InChI is InChI=1S/C36H38N4O/c1-26(2)30-10-12-31(13-11-30)35-27(3)6-4-9-34(35)36(41)38-32-14-16-33(17-15-32)40-22-20-39(21-23-40)25-29-8-5-7-28(24-29)18-19-37/h4-17,24,26H,18,20-23,25H2,1-3H3,(H,38,41). The highest BCUT2D eigenvalue weighted by Crippen LogP contribution is 2.30. The van der Waals surface area contributed by atoms with Crippen molar-refractivity contribution in [3.8, 4) is 17.2 Å². The Balaban J connectivity index is 1.20. The van der Waals surface area contributed by atoms with Gasteiger partial charge in [-0.05, 0) is 76.6 Å². The third kappa shape index (κ3) is 6.85. The van der Waals surface area contributed by atoms with Gasteiger partial charge in [-0.2, -0.15) is 5.26 Å². The first-order chi connectivity index (χ1) is 19.9. The molecule has 1 heterocycles. The Morgan fingerprint density at radius 3 is 2.24 bits per heavy atom. The van der Waals surface area contributed by atoms with Gasteiger partial charge in [-0.15, -0.1) is 0 Å². The van der Waals surface area contributed by atoms with Gasteiger partial charge in [0.15, 0.2) is 0 Å². The highest BCUT2D eigenvalue weighted by Gasteiger charge is 2.19. The fraction of sp³-hybridized carbons (Fsp3) is 0.278. The van der Waals surface area contributed by atoms with E-state index in [0.717, 1.165) is 60.7 Å². The van der Waals surface area contributed by atoms with Crippen molar-refractivity contribution >= 4 is 17.3 Å². The van der Waals surface area contributed by atoms with Gasteiger partial charge in [-0.1, -0.05) is 74.5 Å². The lowest BCUT2D eigenvalue weighted by atomic mass is 9.92. The molecule has 41 heavy (non-hydrogen) atoms. The van der Waals surface area contributed by atoms with E-state index in [2.05, 4.69) is 96.6 Å². The topological polar surface area (TPSA) is 59.4 Å². The minimum atomic E-state index is -0.100. The smallest absolute Gasteiger partial charge is 0.256 e. The Morgan fingerprint density at radius 1 is 0.878 bits per heavy atom. The molecule has 1 fully saturated rings. The van der Waals surface area contributed by atoms with Crippen molar-refractivity contribution in [2.45, 2.75) is 39.7 Å². The summed E-state index contributed by atoms with van der Waals surface area (Å²) in [6.45, 7) is 11.2. The zero-order valence-corrected chi connectivity index (χ0v) is 24.2. The molecule has 0 saturated carbocycles. The number of amides is 1. The van der Waals surface area contributed by atoms with Gasteiger partial charge in [0, 0.05) is 49.7 Å². The van der Waals surface area contributed by atoms with E-state index in [-0.39, 0.29) is 5.91 Å². The fourth-order valence-electron chi connectivity index (χ4n) is 5.58. The highest BCUT2D eigenvalue weighted by molar-refractivity contribution is 6.09. The zero-order valence-electron chi connectivity index (χ0n) is 24.2. The molecule has 0 aromatic heterocycles. The second-order valence-electron chi connectivity index (χ2n) is 11.2. The van der Waals surface area contributed by atoms with Crippen LogP contribution in [0.1, 0.15) is 52.4 Å². The summed E-state index contributed by atoms with van der Waals surface area (Å²) in [6, 6.07) is 33.2. The number of hydrogen-bond donors (Lipinski definition) is 1. The molecule has 5 heteroatoms. The van der Waals surface area contributed by atoms with E-state index in [1.807, 2.05) is 36.4 Å². The predicted molar refractivity (Wildman–Crippen MR) is 168 cm³/mol. The van der Waals surface area contributed by atoms with Crippen molar-refractivity contribution in [2.75, 3.05) is 36.4 Å². The first-order valence-corrected chi connectivity index (χ1v) is 14.4. The monoisotopic (exact) mass is 542 g/mol. The number of hydrogen-bond acceptors (Lipinski definition) is 4. The molecule has 1 amide bonds. The van der Waals surface area contributed by atoms with E-state index >= 15 is 0 Å². The molecule has 5 nitrogen and oxygen atoms in total. The summed E-state index contributed by atoms with van der Waals surface area (Å²) >= 11 is 0. The summed E-state index contributed by atoms with van der Waals surface area (Å²) in [5.41, 5.74) is 9.38. The van der Waals surface area contributed by atoms with Crippen LogP contribution in [0.25, 0.3) is 11.1 Å². The molecule has 1 N–H and O–H groups in total. The Morgan fingerprint density at radius 2 is 1.56 bits per heavy atom. The van der Waals surface area contributed by atoms with Gasteiger partial charge < -0.3 is 10.2 Å². The van der Waals surface area contributed by atoms with Crippen molar-refractivity contribution < 1.29 is 4.79 Å². The first-order valence-electron chi connectivity index (χ1n) is 14.4. The summed E-state index contributed by atoms with van der Waals surface area (Å²) in [5.74, 6) is 0.367. The minimum absolute atomic E-state index is 0.100. The van der Waals surface area contributed by atoms with Gasteiger partial charge in [-0.3, -0.25) is 9.69 Å². The third-order valence-electron chi connectivity index (χ3n) is 7.93. The number of piperazine rings is 1. The van der Waals surface area contributed by atoms with Crippen molar-refractivity contribution in [2.24, 2.45) is 0 Å². The first kappa shape index (κ1) is 28.1. The molecule has 4 aromatic rings. The number of nitrogens with one attached hydrogen (secondary N) is 1. The van der Waals surface area contributed by atoms with E-state index in [0.29, 0.717) is 17.9 Å². The van der Waals surface area contributed by atoms with Crippen LogP contribution < -0.4 is 10.2 Å². The number of carbonyl (C=O) groups is 1. The molecule has 0 spiro atoms. The van der Waals surface area contributed by atoms with Crippen molar-refractivity contribution in [3.05, 3.63) is 119 Å². The van der Waals surface area contributed by atoms with E-state index in [1.54, 1.807) is 0 Å². The minimum Gasteiger partial charge on any atom is -0.369 e. The van der Waals surface area contributed by atoms with Gasteiger partial charge in [0.1, 0.15) is 0 Å². The zero-order chi connectivity index (χ0) is 28.8. The molecule has 5 rings (SSSR count).